The molecule has 0 fully saturated rings. The Morgan fingerprint density at radius 1 is 1.33 bits per heavy atom. The maximum absolute atomic E-state index is 11.3. The van der Waals surface area contributed by atoms with Crippen molar-refractivity contribution in [3.8, 4) is 11.4 Å². The van der Waals surface area contributed by atoms with E-state index in [4.69, 9.17) is 22.3 Å². The average Bonchev–Trinajstić information content (AvgIpc) is 2.63. The summed E-state index contributed by atoms with van der Waals surface area (Å²) in [4.78, 5) is 0. The normalized spacial score (nSPS) is 11.8. The van der Waals surface area contributed by atoms with Gasteiger partial charge in [-0.25, -0.2) is 8.42 Å². The highest BCUT2D eigenvalue weighted by Gasteiger charge is 2.22. The molecular formula is C9H6BrCl2N3O2S. The van der Waals surface area contributed by atoms with E-state index in [2.05, 4.69) is 26.1 Å². The monoisotopic (exact) mass is 369 g/mol. The van der Waals surface area contributed by atoms with Crippen molar-refractivity contribution in [1.29, 1.82) is 0 Å². The first-order chi connectivity index (χ1) is 8.30. The molecule has 9 heteroatoms. The minimum atomic E-state index is -3.93. The van der Waals surface area contributed by atoms with Crippen LogP contribution in [0.4, 0.5) is 0 Å². The van der Waals surface area contributed by atoms with E-state index in [1.165, 1.54) is 11.6 Å². The molecule has 1 heterocycles. The minimum absolute atomic E-state index is 0.314. The zero-order valence-corrected chi connectivity index (χ0v) is 12.8. The third-order valence-electron chi connectivity index (χ3n) is 2.22. The lowest BCUT2D eigenvalue weighted by atomic mass is 10.2. The van der Waals surface area contributed by atoms with E-state index >= 15 is 0 Å². The first-order valence-corrected chi connectivity index (χ1v) is 8.08. The van der Waals surface area contributed by atoms with Crippen molar-refractivity contribution in [3.63, 3.8) is 0 Å². The summed E-state index contributed by atoms with van der Waals surface area (Å²) >= 11 is 9.23. The first-order valence-electron chi connectivity index (χ1n) is 4.60. The minimum Gasteiger partial charge on any atom is -0.300 e. The molecule has 0 bridgehead atoms. The highest BCUT2D eigenvalue weighted by atomic mass is 79.9. The molecule has 0 amide bonds. The number of halogens is 3. The van der Waals surface area contributed by atoms with Crippen molar-refractivity contribution in [2.24, 2.45) is 7.05 Å². The summed E-state index contributed by atoms with van der Waals surface area (Å²) in [6.07, 6.45) is 0. The number of benzene rings is 1. The number of hydrogen-bond donors (Lipinski definition) is 0. The molecule has 0 aliphatic rings. The second-order valence-corrected chi connectivity index (χ2v) is 7.18. The van der Waals surface area contributed by atoms with Crippen molar-refractivity contribution in [2.45, 2.75) is 5.16 Å². The molecule has 0 aliphatic heterocycles. The van der Waals surface area contributed by atoms with Crippen molar-refractivity contribution >= 4 is 47.3 Å². The summed E-state index contributed by atoms with van der Waals surface area (Å²) in [6, 6.07) is 5.09. The van der Waals surface area contributed by atoms with Gasteiger partial charge in [0.2, 0.25) is 0 Å². The molecule has 1 aromatic heterocycles. The average molecular weight is 371 g/mol. The third-order valence-corrected chi connectivity index (χ3v) is 4.35. The number of hydrogen-bond acceptors (Lipinski definition) is 4. The van der Waals surface area contributed by atoms with E-state index in [0.29, 0.717) is 16.4 Å². The van der Waals surface area contributed by atoms with Gasteiger partial charge in [0.1, 0.15) is 0 Å². The first kappa shape index (κ1) is 13.8. The van der Waals surface area contributed by atoms with Gasteiger partial charge < -0.3 is 0 Å². The second-order valence-electron chi connectivity index (χ2n) is 3.43. The van der Waals surface area contributed by atoms with Crippen molar-refractivity contribution in [3.05, 3.63) is 27.7 Å². The second kappa shape index (κ2) is 4.80. The van der Waals surface area contributed by atoms with Crippen LogP contribution in [-0.4, -0.2) is 23.2 Å². The van der Waals surface area contributed by atoms with Gasteiger partial charge in [-0.2, -0.15) is 0 Å². The molecule has 0 aliphatic carbocycles. The van der Waals surface area contributed by atoms with E-state index in [9.17, 15) is 8.42 Å². The van der Waals surface area contributed by atoms with Crippen LogP contribution < -0.4 is 0 Å². The fourth-order valence-electron chi connectivity index (χ4n) is 1.43. The predicted octanol–water partition coefficient (Wildman–Crippen LogP) is 2.83. The maximum Gasteiger partial charge on any atom is 0.296 e. The Morgan fingerprint density at radius 2 is 2.00 bits per heavy atom. The highest BCUT2D eigenvalue weighted by molar-refractivity contribution is 9.10. The van der Waals surface area contributed by atoms with Gasteiger partial charge in [0, 0.05) is 32.8 Å². The van der Waals surface area contributed by atoms with Crippen molar-refractivity contribution in [1.82, 2.24) is 14.8 Å². The van der Waals surface area contributed by atoms with E-state index in [1.54, 1.807) is 18.2 Å². The van der Waals surface area contributed by atoms with E-state index in [0.717, 1.165) is 4.47 Å². The lowest BCUT2D eigenvalue weighted by Gasteiger charge is -2.05. The van der Waals surface area contributed by atoms with Gasteiger partial charge in [-0.1, -0.05) is 27.5 Å². The van der Waals surface area contributed by atoms with Gasteiger partial charge in [0.05, 0.1) is 0 Å². The van der Waals surface area contributed by atoms with E-state index in [1.807, 2.05) is 0 Å². The fourth-order valence-corrected chi connectivity index (χ4v) is 2.98. The van der Waals surface area contributed by atoms with Crippen LogP contribution in [0.1, 0.15) is 0 Å². The molecular weight excluding hydrogens is 365 g/mol. The molecule has 96 valence electrons. The standard InChI is InChI=1S/C9H6BrCl2N3O2S/c1-15-8(13-14-9(15)18(12,16)17)6-4-5(11)2-3-7(6)10/h2-4H,1H3. The SMILES string of the molecule is Cn1c(-c2cc(Cl)ccc2Br)nnc1S(=O)(=O)Cl. The number of rotatable bonds is 2. The quantitative estimate of drug-likeness (QED) is 0.762. The Hall–Kier alpha value is -0.630. The molecule has 0 atom stereocenters. The Kier molecular flexibility index (Phi) is 3.68. The molecule has 1 aromatic carbocycles. The number of nitrogens with zero attached hydrogens (tertiary/aromatic N) is 3. The largest absolute Gasteiger partial charge is 0.300 e. The molecule has 0 saturated heterocycles. The van der Waals surface area contributed by atoms with Crippen LogP contribution in [0.3, 0.4) is 0 Å². The molecule has 0 saturated carbocycles. The van der Waals surface area contributed by atoms with Gasteiger partial charge in [0.15, 0.2) is 5.82 Å². The number of aromatic nitrogens is 3. The zero-order chi connectivity index (χ0) is 13.5. The van der Waals surface area contributed by atoms with Crippen LogP contribution >= 0.6 is 38.2 Å². The summed E-state index contributed by atoms with van der Waals surface area (Å²) < 4.78 is 24.5. The molecule has 0 spiro atoms. The van der Waals surface area contributed by atoms with Crippen LogP contribution in [0.15, 0.2) is 27.8 Å². The summed E-state index contributed by atoms with van der Waals surface area (Å²) in [7, 11) is 2.83. The van der Waals surface area contributed by atoms with Crippen LogP contribution in [0.25, 0.3) is 11.4 Å². The maximum atomic E-state index is 11.3. The molecule has 18 heavy (non-hydrogen) atoms. The smallest absolute Gasteiger partial charge is 0.296 e. The van der Waals surface area contributed by atoms with Gasteiger partial charge in [-0.3, -0.25) is 4.57 Å². The van der Waals surface area contributed by atoms with Crippen LogP contribution in [0.2, 0.25) is 5.02 Å². The lowest BCUT2D eigenvalue weighted by Crippen LogP contribution is -2.03. The Balaban J connectivity index is 2.67. The molecule has 0 unspecified atom stereocenters. The fraction of sp³-hybridized carbons (Fsp3) is 0.111. The van der Waals surface area contributed by atoms with Gasteiger partial charge in [-0.05, 0) is 18.2 Å². The van der Waals surface area contributed by atoms with Gasteiger partial charge >= 0.3 is 0 Å². The van der Waals surface area contributed by atoms with Gasteiger partial charge in [-0.15, -0.1) is 10.2 Å². The van der Waals surface area contributed by atoms with Crippen LogP contribution in [0, 0.1) is 0 Å². The van der Waals surface area contributed by atoms with Crippen molar-refractivity contribution in [2.75, 3.05) is 0 Å². The molecule has 2 rings (SSSR count). The summed E-state index contributed by atoms with van der Waals surface area (Å²) in [6.45, 7) is 0. The van der Waals surface area contributed by atoms with E-state index < -0.39 is 9.05 Å². The predicted molar refractivity (Wildman–Crippen MR) is 72.2 cm³/mol. The van der Waals surface area contributed by atoms with Crippen LogP contribution in [0.5, 0.6) is 0 Å². The Bertz CT molecular complexity index is 715. The lowest BCUT2D eigenvalue weighted by molar-refractivity contribution is 0.593. The molecule has 0 radical (unpaired) electrons. The highest BCUT2D eigenvalue weighted by Crippen LogP contribution is 2.30. The Morgan fingerprint density at radius 3 is 2.56 bits per heavy atom. The summed E-state index contributed by atoms with van der Waals surface area (Å²) in [5.41, 5.74) is 0.629. The zero-order valence-electron chi connectivity index (χ0n) is 8.93. The Labute approximate surface area is 121 Å². The molecule has 0 N–H and O–H groups in total. The summed E-state index contributed by atoms with van der Waals surface area (Å²) in [5, 5.41) is 7.57. The van der Waals surface area contributed by atoms with Crippen molar-refractivity contribution < 1.29 is 8.42 Å². The van der Waals surface area contributed by atoms with E-state index in [-0.39, 0.29) is 5.16 Å². The van der Waals surface area contributed by atoms with Gasteiger partial charge in [0.25, 0.3) is 14.2 Å². The molecule has 5 nitrogen and oxygen atoms in total. The molecule has 2 aromatic rings. The van der Waals surface area contributed by atoms with Crippen LogP contribution in [-0.2, 0) is 16.1 Å². The third kappa shape index (κ3) is 2.54. The summed E-state index contributed by atoms with van der Waals surface area (Å²) in [5.74, 6) is 0.351. The topological polar surface area (TPSA) is 64.8 Å².